The number of benzene rings is 1. The van der Waals surface area contributed by atoms with Crippen molar-refractivity contribution in [3.8, 4) is 0 Å². The smallest absolute Gasteiger partial charge is 0.134 e. The van der Waals surface area contributed by atoms with Crippen LogP contribution >= 0.6 is 0 Å². The third-order valence-electron chi connectivity index (χ3n) is 3.34. The second-order valence-electron chi connectivity index (χ2n) is 5.37. The molecule has 1 N–H and O–H groups in total. The van der Waals surface area contributed by atoms with Crippen molar-refractivity contribution < 1.29 is 4.42 Å². The van der Waals surface area contributed by atoms with Gasteiger partial charge in [-0.2, -0.15) is 0 Å². The van der Waals surface area contributed by atoms with Gasteiger partial charge in [0.1, 0.15) is 11.3 Å². The van der Waals surface area contributed by atoms with Crippen LogP contribution in [0.5, 0.6) is 0 Å². The molecule has 2 nitrogen and oxygen atoms in total. The summed E-state index contributed by atoms with van der Waals surface area (Å²) in [5.74, 6) is 1.01. The first-order valence-electron chi connectivity index (χ1n) is 6.29. The maximum absolute atomic E-state index is 5.75. The van der Waals surface area contributed by atoms with Gasteiger partial charge in [0.25, 0.3) is 0 Å². The molecule has 0 unspecified atom stereocenters. The van der Waals surface area contributed by atoms with Gasteiger partial charge in [-0.1, -0.05) is 39.0 Å². The molecule has 0 aliphatic carbocycles. The van der Waals surface area contributed by atoms with Crippen molar-refractivity contribution in [1.29, 1.82) is 0 Å². The third kappa shape index (κ3) is 3.10. The number of para-hydroxylation sites is 1. The number of hydrogen-bond acceptors (Lipinski definition) is 2. The molecule has 0 spiro atoms. The largest absolute Gasteiger partial charge is 0.460 e. The molecule has 0 saturated heterocycles. The maximum Gasteiger partial charge on any atom is 0.134 e. The monoisotopic (exact) mass is 231 g/mol. The minimum atomic E-state index is 0.353. The molecule has 0 fully saturated rings. The zero-order valence-corrected chi connectivity index (χ0v) is 10.9. The highest BCUT2D eigenvalue weighted by Gasteiger charge is 2.14. The average Bonchev–Trinajstić information content (AvgIpc) is 2.71. The highest BCUT2D eigenvalue weighted by Crippen LogP contribution is 2.20. The van der Waals surface area contributed by atoms with Gasteiger partial charge in [-0.05, 0) is 24.0 Å². The van der Waals surface area contributed by atoms with Crippen LogP contribution in [0.3, 0.4) is 0 Å². The van der Waals surface area contributed by atoms with Crippen molar-refractivity contribution in [2.24, 2.45) is 5.41 Å². The van der Waals surface area contributed by atoms with E-state index in [1.165, 1.54) is 11.8 Å². The predicted molar refractivity (Wildman–Crippen MR) is 72.0 cm³/mol. The van der Waals surface area contributed by atoms with Gasteiger partial charge >= 0.3 is 0 Å². The second-order valence-corrected chi connectivity index (χ2v) is 5.37. The van der Waals surface area contributed by atoms with Gasteiger partial charge in [0.15, 0.2) is 0 Å². The number of furan rings is 1. The number of rotatable bonds is 5. The Kier molecular flexibility index (Phi) is 3.53. The van der Waals surface area contributed by atoms with E-state index in [1.54, 1.807) is 0 Å². The van der Waals surface area contributed by atoms with E-state index >= 15 is 0 Å². The van der Waals surface area contributed by atoms with Crippen LogP contribution < -0.4 is 5.32 Å². The molecule has 1 aromatic heterocycles. The van der Waals surface area contributed by atoms with E-state index in [1.807, 2.05) is 18.2 Å². The summed E-state index contributed by atoms with van der Waals surface area (Å²) < 4.78 is 5.75. The van der Waals surface area contributed by atoms with Gasteiger partial charge in [0, 0.05) is 11.9 Å². The van der Waals surface area contributed by atoms with E-state index in [0.717, 1.165) is 24.4 Å². The quantitative estimate of drug-likeness (QED) is 0.842. The lowest BCUT2D eigenvalue weighted by molar-refractivity contribution is 0.322. The van der Waals surface area contributed by atoms with E-state index in [4.69, 9.17) is 4.42 Å². The summed E-state index contributed by atoms with van der Waals surface area (Å²) in [6.45, 7) is 8.60. The Hall–Kier alpha value is -1.28. The Balaban J connectivity index is 1.95. The van der Waals surface area contributed by atoms with Crippen molar-refractivity contribution in [2.75, 3.05) is 6.54 Å². The van der Waals surface area contributed by atoms with E-state index in [0.29, 0.717) is 5.41 Å². The van der Waals surface area contributed by atoms with Crippen LogP contribution in [0.4, 0.5) is 0 Å². The van der Waals surface area contributed by atoms with Crippen molar-refractivity contribution in [2.45, 2.75) is 33.7 Å². The molecule has 0 bridgehead atoms. The van der Waals surface area contributed by atoms with Crippen molar-refractivity contribution in [3.05, 3.63) is 36.1 Å². The molecule has 2 rings (SSSR count). The van der Waals surface area contributed by atoms with Crippen LogP contribution in [0, 0.1) is 5.41 Å². The molecule has 2 heteroatoms. The first-order chi connectivity index (χ1) is 8.11. The average molecular weight is 231 g/mol. The van der Waals surface area contributed by atoms with Crippen molar-refractivity contribution >= 4 is 11.0 Å². The van der Waals surface area contributed by atoms with Crippen molar-refractivity contribution in [1.82, 2.24) is 5.32 Å². The van der Waals surface area contributed by atoms with Crippen LogP contribution in [-0.4, -0.2) is 6.54 Å². The molecule has 2 aromatic rings. The molecule has 0 radical (unpaired) electrons. The molecule has 1 aromatic carbocycles. The van der Waals surface area contributed by atoms with Gasteiger partial charge in [0.05, 0.1) is 6.54 Å². The number of nitrogens with one attached hydrogen (secondary N) is 1. The van der Waals surface area contributed by atoms with E-state index < -0.39 is 0 Å². The molecule has 0 aliphatic rings. The lowest BCUT2D eigenvalue weighted by atomic mass is 9.90. The summed E-state index contributed by atoms with van der Waals surface area (Å²) in [5, 5.41) is 4.64. The first kappa shape index (κ1) is 12.2. The molecular formula is C15H21NO. The summed E-state index contributed by atoms with van der Waals surface area (Å²) in [6, 6.07) is 10.2. The van der Waals surface area contributed by atoms with Gasteiger partial charge in [-0.3, -0.25) is 0 Å². The summed E-state index contributed by atoms with van der Waals surface area (Å²) in [5.41, 5.74) is 1.32. The minimum Gasteiger partial charge on any atom is -0.460 e. The molecule has 1 heterocycles. The normalized spacial score (nSPS) is 12.2. The topological polar surface area (TPSA) is 25.2 Å². The van der Waals surface area contributed by atoms with Crippen molar-refractivity contribution in [3.63, 3.8) is 0 Å². The van der Waals surface area contributed by atoms with Gasteiger partial charge in [-0.15, -0.1) is 0 Å². The molecule has 17 heavy (non-hydrogen) atoms. The first-order valence-corrected chi connectivity index (χ1v) is 6.29. The minimum absolute atomic E-state index is 0.353. The lowest BCUT2D eigenvalue weighted by Crippen LogP contribution is -2.28. The van der Waals surface area contributed by atoms with Crippen LogP contribution in [0.2, 0.25) is 0 Å². The zero-order valence-electron chi connectivity index (χ0n) is 10.9. The Morgan fingerprint density at radius 1 is 1.24 bits per heavy atom. The molecule has 0 atom stereocenters. The summed E-state index contributed by atoms with van der Waals surface area (Å²) >= 11 is 0. The van der Waals surface area contributed by atoms with Gasteiger partial charge < -0.3 is 9.73 Å². The molecule has 0 saturated carbocycles. The fourth-order valence-electron chi connectivity index (χ4n) is 1.77. The highest BCUT2D eigenvalue weighted by atomic mass is 16.3. The number of hydrogen-bond donors (Lipinski definition) is 1. The number of fused-ring (bicyclic) bond motifs is 1. The SMILES string of the molecule is CCC(C)(C)CNCc1cc2ccccc2o1. The standard InChI is InChI=1S/C15H21NO/c1-4-15(2,3)11-16-10-13-9-12-7-5-6-8-14(12)17-13/h5-9,16H,4,10-11H2,1-3H3. The summed E-state index contributed by atoms with van der Waals surface area (Å²) in [6.07, 6.45) is 1.18. The van der Waals surface area contributed by atoms with Gasteiger partial charge in [-0.25, -0.2) is 0 Å². The molecule has 92 valence electrons. The fraction of sp³-hybridized carbons (Fsp3) is 0.467. The lowest BCUT2D eigenvalue weighted by Gasteiger charge is -2.22. The third-order valence-corrected chi connectivity index (χ3v) is 3.34. The maximum atomic E-state index is 5.75. The van der Waals surface area contributed by atoms with E-state index in [9.17, 15) is 0 Å². The predicted octanol–water partition coefficient (Wildman–Crippen LogP) is 3.96. The Morgan fingerprint density at radius 2 is 2.00 bits per heavy atom. The molecule has 0 amide bonds. The Bertz CT molecular complexity index is 451. The van der Waals surface area contributed by atoms with Crippen LogP contribution in [-0.2, 0) is 6.54 Å². The Morgan fingerprint density at radius 3 is 2.71 bits per heavy atom. The van der Waals surface area contributed by atoms with Crippen LogP contribution in [0.25, 0.3) is 11.0 Å². The molecular weight excluding hydrogens is 210 g/mol. The van der Waals surface area contributed by atoms with Crippen LogP contribution in [0.1, 0.15) is 33.0 Å². The van der Waals surface area contributed by atoms with Crippen LogP contribution in [0.15, 0.2) is 34.7 Å². The zero-order chi connectivity index (χ0) is 12.3. The second kappa shape index (κ2) is 4.92. The van der Waals surface area contributed by atoms with Gasteiger partial charge in [0.2, 0.25) is 0 Å². The highest BCUT2D eigenvalue weighted by molar-refractivity contribution is 5.77. The summed E-state index contributed by atoms with van der Waals surface area (Å²) in [7, 11) is 0. The Labute approximate surface area is 103 Å². The van der Waals surface area contributed by atoms with E-state index in [2.05, 4.69) is 38.2 Å². The summed E-state index contributed by atoms with van der Waals surface area (Å²) in [4.78, 5) is 0. The van der Waals surface area contributed by atoms with E-state index in [-0.39, 0.29) is 0 Å². The molecule has 0 aliphatic heterocycles. The fourth-order valence-corrected chi connectivity index (χ4v) is 1.77.